The highest BCUT2D eigenvalue weighted by atomic mass is 16.3. The minimum Gasteiger partial charge on any atom is -0.396 e. The van der Waals surface area contributed by atoms with Gasteiger partial charge in [0.05, 0.1) is 0 Å². The van der Waals surface area contributed by atoms with Crippen molar-refractivity contribution in [2.45, 2.75) is 70.4 Å². The number of hydrogen-bond donors (Lipinski definition) is 1. The van der Waals surface area contributed by atoms with Crippen LogP contribution in [0.1, 0.15) is 58.8 Å². The number of nitrogens with zero attached hydrogens (tertiary/aromatic N) is 1. The molecule has 2 heteroatoms. The standard InChI is InChI=1S/C14H27NO/c1-14(2)9-8-12(11-16)10-15(14)13-6-4-3-5-7-13/h12-13,16H,3-11H2,1-2H3. The van der Waals surface area contributed by atoms with E-state index in [1.54, 1.807) is 0 Å². The van der Waals surface area contributed by atoms with Crippen LogP contribution in [-0.4, -0.2) is 34.7 Å². The summed E-state index contributed by atoms with van der Waals surface area (Å²) in [6.07, 6.45) is 9.43. The quantitative estimate of drug-likeness (QED) is 0.781. The van der Waals surface area contributed by atoms with Gasteiger partial charge < -0.3 is 5.11 Å². The highest BCUT2D eigenvalue weighted by Crippen LogP contribution is 2.36. The van der Waals surface area contributed by atoms with Crippen LogP contribution in [0.25, 0.3) is 0 Å². The van der Waals surface area contributed by atoms with Crippen LogP contribution >= 0.6 is 0 Å². The van der Waals surface area contributed by atoms with Crippen molar-refractivity contribution in [2.24, 2.45) is 5.92 Å². The lowest BCUT2D eigenvalue weighted by Gasteiger charge is -2.50. The molecule has 1 N–H and O–H groups in total. The Morgan fingerprint density at radius 1 is 1.12 bits per heavy atom. The lowest BCUT2D eigenvalue weighted by atomic mass is 9.81. The minimum atomic E-state index is 0.355. The molecule has 0 bridgehead atoms. The minimum absolute atomic E-state index is 0.355. The van der Waals surface area contributed by atoms with E-state index in [4.69, 9.17) is 0 Å². The third kappa shape index (κ3) is 2.60. The summed E-state index contributed by atoms with van der Waals surface area (Å²) in [4.78, 5) is 2.70. The first kappa shape index (κ1) is 12.4. The normalized spacial score (nSPS) is 32.8. The van der Waals surface area contributed by atoms with Gasteiger partial charge in [-0.25, -0.2) is 0 Å². The van der Waals surface area contributed by atoms with Gasteiger partial charge in [0, 0.05) is 24.7 Å². The zero-order chi connectivity index (χ0) is 11.6. The van der Waals surface area contributed by atoms with Crippen molar-refractivity contribution in [1.82, 2.24) is 4.90 Å². The molecule has 0 aromatic rings. The van der Waals surface area contributed by atoms with Gasteiger partial charge in [0.25, 0.3) is 0 Å². The molecule has 94 valence electrons. The summed E-state index contributed by atoms with van der Waals surface area (Å²) < 4.78 is 0. The van der Waals surface area contributed by atoms with Crippen LogP contribution in [0.4, 0.5) is 0 Å². The Bertz CT molecular complexity index is 221. The molecule has 1 saturated heterocycles. The molecule has 0 spiro atoms. The van der Waals surface area contributed by atoms with Gasteiger partial charge in [-0.15, -0.1) is 0 Å². The number of aliphatic hydroxyl groups is 1. The third-order valence-corrected chi connectivity index (χ3v) is 4.67. The van der Waals surface area contributed by atoms with Crippen molar-refractivity contribution >= 4 is 0 Å². The van der Waals surface area contributed by atoms with E-state index < -0.39 is 0 Å². The van der Waals surface area contributed by atoms with E-state index in [1.807, 2.05) is 0 Å². The number of rotatable bonds is 2. The lowest BCUT2D eigenvalue weighted by molar-refractivity contribution is -0.0178. The summed E-state index contributed by atoms with van der Waals surface area (Å²) in [7, 11) is 0. The Hall–Kier alpha value is -0.0800. The Morgan fingerprint density at radius 3 is 2.44 bits per heavy atom. The molecule has 1 aliphatic carbocycles. The molecular weight excluding hydrogens is 198 g/mol. The van der Waals surface area contributed by atoms with Gasteiger partial charge in [-0.05, 0) is 45.4 Å². The van der Waals surface area contributed by atoms with Gasteiger partial charge in [-0.3, -0.25) is 4.90 Å². The molecule has 0 aromatic heterocycles. The summed E-state index contributed by atoms with van der Waals surface area (Å²) in [6, 6.07) is 0.790. The number of piperidine rings is 1. The second-order valence-corrected chi connectivity index (χ2v) is 6.34. The molecule has 2 rings (SSSR count). The fraction of sp³-hybridized carbons (Fsp3) is 1.00. The molecule has 1 saturated carbocycles. The van der Waals surface area contributed by atoms with E-state index in [9.17, 15) is 5.11 Å². The molecule has 1 atom stereocenters. The first-order valence-electron chi connectivity index (χ1n) is 7.01. The second kappa shape index (κ2) is 5.05. The number of hydrogen-bond acceptors (Lipinski definition) is 2. The maximum absolute atomic E-state index is 9.35. The molecule has 16 heavy (non-hydrogen) atoms. The van der Waals surface area contributed by atoms with E-state index in [1.165, 1.54) is 44.9 Å². The molecule has 0 radical (unpaired) electrons. The van der Waals surface area contributed by atoms with Crippen LogP contribution in [0.15, 0.2) is 0 Å². The maximum Gasteiger partial charge on any atom is 0.0471 e. The highest BCUT2D eigenvalue weighted by molar-refractivity contribution is 4.93. The van der Waals surface area contributed by atoms with Gasteiger partial charge in [-0.1, -0.05) is 19.3 Å². The van der Waals surface area contributed by atoms with Crippen LogP contribution < -0.4 is 0 Å². The summed E-state index contributed by atoms with van der Waals surface area (Å²) in [6.45, 7) is 6.26. The molecular formula is C14H27NO. The van der Waals surface area contributed by atoms with Crippen LogP contribution in [0.3, 0.4) is 0 Å². The van der Waals surface area contributed by atoms with Gasteiger partial charge >= 0.3 is 0 Å². The van der Waals surface area contributed by atoms with Gasteiger partial charge in [0.2, 0.25) is 0 Å². The van der Waals surface area contributed by atoms with Gasteiger partial charge in [-0.2, -0.15) is 0 Å². The van der Waals surface area contributed by atoms with Crippen molar-refractivity contribution in [3.8, 4) is 0 Å². The van der Waals surface area contributed by atoms with E-state index >= 15 is 0 Å². The number of aliphatic hydroxyl groups excluding tert-OH is 1. The first-order chi connectivity index (χ1) is 7.63. The summed E-state index contributed by atoms with van der Waals surface area (Å²) in [5.74, 6) is 0.523. The SMILES string of the molecule is CC1(C)CCC(CO)CN1C1CCCCC1. The molecule has 1 unspecified atom stereocenters. The van der Waals surface area contributed by atoms with Crippen molar-refractivity contribution < 1.29 is 5.11 Å². The zero-order valence-electron chi connectivity index (χ0n) is 10.9. The second-order valence-electron chi connectivity index (χ2n) is 6.34. The van der Waals surface area contributed by atoms with E-state index in [2.05, 4.69) is 18.7 Å². The van der Waals surface area contributed by atoms with Crippen LogP contribution in [0.5, 0.6) is 0 Å². The van der Waals surface area contributed by atoms with Crippen LogP contribution in [-0.2, 0) is 0 Å². The van der Waals surface area contributed by atoms with Crippen LogP contribution in [0, 0.1) is 5.92 Å². The summed E-state index contributed by atoms with van der Waals surface area (Å²) >= 11 is 0. The lowest BCUT2D eigenvalue weighted by Crippen LogP contribution is -2.55. The fourth-order valence-electron chi connectivity index (χ4n) is 3.50. The van der Waals surface area contributed by atoms with Crippen molar-refractivity contribution in [1.29, 1.82) is 0 Å². The van der Waals surface area contributed by atoms with Gasteiger partial charge in [0.15, 0.2) is 0 Å². The Kier molecular flexibility index (Phi) is 3.91. The Labute approximate surface area is 100 Å². The Balaban J connectivity index is 2.02. The van der Waals surface area contributed by atoms with E-state index in [-0.39, 0.29) is 0 Å². The largest absolute Gasteiger partial charge is 0.396 e. The monoisotopic (exact) mass is 225 g/mol. The Morgan fingerprint density at radius 2 is 1.81 bits per heavy atom. The predicted molar refractivity (Wildman–Crippen MR) is 67.5 cm³/mol. The molecule has 2 nitrogen and oxygen atoms in total. The molecule has 1 heterocycles. The van der Waals surface area contributed by atoms with Crippen molar-refractivity contribution in [3.63, 3.8) is 0 Å². The van der Waals surface area contributed by atoms with E-state index in [0.29, 0.717) is 18.1 Å². The van der Waals surface area contributed by atoms with Crippen LogP contribution in [0.2, 0.25) is 0 Å². The van der Waals surface area contributed by atoms with Crippen molar-refractivity contribution in [2.75, 3.05) is 13.2 Å². The molecule has 0 aromatic carbocycles. The smallest absolute Gasteiger partial charge is 0.0471 e. The zero-order valence-corrected chi connectivity index (χ0v) is 10.9. The van der Waals surface area contributed by atoms with Gasteiger partial charge in [0.1, 0.15) is 0 Å². The predicted octanol–water partition coefficient (Wildman–Crippen LogP) is 2.80. The first-order valence-corrected chi connectivity index (χ1v) is 7.01. The number of likely N-dealkylation sites (tertiary alicyclic amines) is 1. The fourth-order valence-corrected chi connectivity index (χ4v) is 3.50. The summed E-state index contributed by atoms with van der Waals surface area (Å²) in [5.41, 5.74) is 0.355. The molecule has 1 aliphatic heterocycles. The molecule has 0 amide bonds. The molecule has 2 aliphatic rings. The summed E-state index contributed by atoms with van der Waals surface area (Å²) in [5, 5.41) is 9.35. The third-order valence-electron chi connectivity index (χ3n) is 4.67. The van der Waals surface area contributed by atoms with E-state index in [0.717, 1.165) is 12.6 Å². The van der Waals surface area contributed by atoms with Crippen molar-refractivity contribution in [3.05, 3.63) is 0 Å². The topological polar surface area (TPSA) is 23.5 Å². The average molecular weight is 225 g/mol. The highest BCUT2D eigenvalue weighted by Gasteiger charge is 2.38. The average Bonchev–Trinajstić information content (AvgIpc) is 2.30. The maximum atomic E-state index is 9.35. The molecule has 2 fully saturated rings.